The smallest absolute Gasteiger partial charge is 0.279 e. The molecule has 8 heteroatoms. The number of amides is 2. The number of thioether (sulfide) groups is 1. The van der Waals surface area contributed by atoms with Gasteiger partial charge in [0.15, 0.2) is 6.54 Å². The van der Waals surface area contributed by atoms with Gasteiger partial charge in [0.1, 0.15) is 6.54 Å². The van der Waals surface area contributed by atoms with E-state index in [4.69, 9.17) is 28.9 Å². The number of nitrogens with two attached hydrogens (primary N) is 1. The van der Waals surface area contributed by atoms with Crippen LogP contribution in [0.3, 0.4) is 0 Å². The van der Waals surface area contributed by atoms with Crippen LogP contribution in [0.4, 0.5) is 5.69 Å². The van der Waals surface area contributed by atoms with Gasteiger partial charge in [0.25, 0.3) is 5.91 Å². The van der Waals surface area contributed by atoms with Crippen LogP contribution in [0.1, 0.15) is 5.56 Å². The van der Waals surface area contributed by atoms with Gasteiger partial charge in [0.2, 0.25) is 5.91 Å². The van der Waals surface area contributed by atoms with E-state index in [0.29, 0.717) is 22.3 Å². The molecule has 0 fully saturated rings. The number of halogens is 2. The fourth-order valence-corrected chi connectivity index (χ4v) is 3.44. The highest BCUT2D eigenvalue weighted by atomic mass is 35.5. The second kappa shape index (κ2) is 9.83. The number of primary amides is 1. The van der Waals surface area contributed by atoms with E-state index < -0.39 is 5.91 Å². The highest BCUT2D eigenvalue weighted by Crippen LogP contribution is 2.26. The lowest BCUT2D eigenvalue weighted by molar-refractivity contribution is -0.885. The molecule has 0 bridgehead atoms. The second-order valence-corrected chi connectivity index (χ2v) is 7.69. The molecule has 0 spiro atoms. The Kier molecular flexibility index (Phi) is 7.78. The maximum atomic E-state index is 12.3. The van der Waals surface area contributed by atoms with Crippen molar-refractivity contribution in [1.29, 1.82) is 0 Å². The van der Waals surface area contributed by atoms with Gasteiger partial charge in [-0.3, -0.25) is 9.59 Å². The molecule has 2 aromatic rings. The Morgan fingerprint density at radius 1 is 1.15 bits per heavy atom. The van der Waals surface area contributed by atoms with Crippen molar-refractivity contribution in [2.24, 2.45) is 5.73 Å². The first-order chi connectivity index (χ1) is 12.3. The standard InChI is InChI=1S/C18H19Cl2N3O2S/c1-23(9-12-6-7-13(19)14(20)8-12)10-18(25)22-15-4-2-3-5-16(15)26-11-17(21)24/h2-8H,9-11H2,1H3,(H2,21,24)(H,22,25)/p+1. The monoisotopic (exact) mass is 412 g/mol. The summed E-state index contributed by atoms with van der Waals surface area (Å²) >= 11 is 13.2. The van der Waals surface area contributed by atoms with Gasteiger partial charge in [-0.05, 0) is 24.3 Å². The zero-order chi connectivity index (χ0) is 19.1. The SMILES string of the molecule is C[NH+](CC(=O)Nc1ccccc1SCC(N)=O)Cc1ccc(Cl)c(Cl)c1. The Morgan fingerprint density at radius 2 is 1.88 bits per heavy atom. The summed E-state index contributed by atoms with van der Waals surface area (Å²) < 4.78 is 0. The number of quaternary nitrogens is 1. The van der Waals surface area contributed by atoms with Crippen molar-refractivity contribution in [2.75, 3.05) is 24.7 Å². The molecule has 0 aliphatic rings. The summed E-state index contributed by atoms with van der Waals surface area (Å²) in [7, 11) is 1.93. The van der Waals surface area contributed by atoms with Crippen LogP contribution in [0.15, 0.2) is 47.4 Å². The zero-order valence-corrected chi connectivity index (χ0v) is 16.5. The van der Waals surface area contributed by atoms with Gasteiger partial charge in [0, 0.05) is 10.5 Å². The number of para-hydroxylation sites is 1. The molecular weight excluding hydrogens is 393 g/mol. The van der Waals surface area contributed by atoms with Crippen LogP contribution in [0.25, 0.3) is 0 Å². The Bertz CT molecular complexity index is 802. The van der Waals surface area contributed by atoms with E-state index in [1.54, 1.807) is 18.2 Å². The van der Waals surface area contributed by atoms with E-state index in [9.17, 15) is 9.59 Å². The summed E-state index contributed by atoms with van der Waals surface area (Å²) in [5, 5.41) is 3.90. The molecule has 26 heavy (non-hydrogen) atoms. The van der Waals surface area contributed by atoms with E-state index in [-0.39, 0.29) is 18.2 Å². The first-order valence-corrected chi connectivity index (χ1v) is 9.64. The molecule has 0 aromatic heterocycles. The number of carbonyl (C=O) groups excluding carboxylic acids is 2. The van der Waals surface area contributed by atoms with E-state index in [0.717, 1.165) is 15.4 Å². The molecule has 1 unspecified atom stereocenters. The Hall–Kier alpha value is -1.73. The minimum Gasteiger partial charge on any atom is -0.369 e. The number of rotatable bonds is 8. The quantitative estimate of drug-likeness (QED) is 0.581. The molecule has 138 valence electrons. The number of anilines is 1. The van der Waals surface area contributed by atoms with Gasteiger partial charge < -0.3 is 16.0 Å². The molecule has 2 rings (SSSR count). The topological polar surface area (TPSA) is 76.6 Å². The average molecular weight is 413 g/mol. The summed E-state index contributed by atoms with van der Waals surface area (Å²) in [4.78, 5) is 25.1. The minimum absolute atomic E-state index is 0.116. The Balaban J connectivity index is 1.93. The van der Waals surface area contributed by atoms with Crippen LogP contribution < -0.4 is 16.0 Å². The maximum absolute atomic E-state index is 12.3. The van der Waals surface area contributed by atoms with Crippen LogP contribution in [0.5, 0.6) is 0 Å². The van der Waals surface area contributed by atoms with Gasteiger partial charge in [-0.2, -0.15) is 0 Å². The van der Waals surface area contributed by atoms with Gasteiger partial charge in [0.05, 0.1) is 28.5 Å². The molecule has 2 amide bonds. The summed E-state index contributed by atoms with van der Waals surface area (Å²) in [6, 6.07) is 12.8. The number of carbonyl (C=O) groups is 2. The molecule has 0 aliphatic heterocycles. The molecule has 0 radical (unpaired) electrons. The van der Waals surface area contributed by atoms with Gasteiger partial charge in [-0.25, -0.2) is 0 Å². The van der Waals surface area contributed by atoms with E-state index in [1.165, 1.54) is 11.8 Å². The minimum atomic E-state index is -0.401. The first-order valence-electron chi connectivity index (χ1n) is 7.90. The third kappa shape index (κ3) is 6.53. The number of nitrogens with one attached hydrogen (secondary N) is 2. The summed E-state index contributed by atoms with van der Waals surface area (Å²) in [6.07, 6.45) is 0. The summed E-state index contributed by atoms with van der Waals surface area (Å²) in [6.45, 7) is 0.928. The van der Waals surface area contributed by atoms with Gasteiger partial charge >= 0.3 is 0 Å². The highest BCUT2D eigenvalue weighted by Gasteiger charge is 2.13. The highest BCUT2D eigenvalue weighted by molar-refractivity contribution is 8.00. The Labute approximate surface area is 166 Å². The molecular formula is C18H20Cl2N3O2S+. The fraction of sp³-hybridized carbons (Fsp3) is 0.222. The van der Waals surface area contributed by atoms with E-state index in [2.05, 4.69) is 5.32 Å². The third-order valence-electron chi connectivity index (χ3n) is 3.48. The molecule has 0 saturated carbocycles. The van der Waals surface area contributed by atoms with Crippen molar-refractivity contribution in [1.82, 2.24) is 0 Å². The number of benzene rings is 2. The zero-order valence-electron chi connectivity index (χ0n) is 14.2. The van der Waals surface area contributed by atoms with Crippen molar-refractivity contribution < 1.29 is 14.5 Å². The fourth-order valence-electron chi connectivity index (χ4n) is 2.37. The lowest BCUT2D eigenvalue weighted by Crippen LogP contribution is -3.08. The molecule has 2 aromatic carbocycles. The average Bonchev–Trinajstić information content (AvgIpc) is 2.57. The molecule has 0 aliphatic carbocycles. The number of hydrogen-bond donors (Lipinski definition) is 3. The number of likely N-dealkylation sites (N-methyl/N-ethyl adjacent to an activating group) is 1. The largest absolute Gasteiger partial charge is 0.369 e. The summed E-state index contributed by atoms with van der Waals surface area (Å²) in [5.41, 5.74) is 6.86. The normalized spacial score (nSPS) is 11.8. The van der Waals surface area contributed by atoms with Crippen molar-refractivity contribution in [3.05, 3.63) is 58.1 Å². The number of hydrogen-bond acceptors (Lipinski definition) is 3. The van der Waals surface area contributed by atoms with Crippen LogP contribution in [0.2, 0.25) is 10.0 Å². The van der Waals surface area contributed by atoms with Crippen molar-refractivity contribution in [3.63, 3.8) is 0 Å². The predicted octanol–water partition coefficient (Wildman–Crippen LogP) is 2.22. The third-order valence-corrected chi connectivity index (χ3v) is 5.32. The van der Waals surface area contributed by atoms with Gasteiger partial charge in [-0.15, -0.1) is 11.8 Å². The van der Waals surface area contributed by atoms with Crippen LogP contribution in [-0.4, -0.2) is 31.2 Å². The Morgan fingerprint density at radius 3 is 2.58 bits per heavy atom. The van der Waals surface area contributed by atoms with E-state index >= 15 is 0 Å². The predicted molar refractivity (Wildman–Crippen MR) is 107 cm³/mol. The summed E-state index contributed by atoms with van der Waals surface area (Å²) in [5.74, 6) is -0.355. The molecule has 5 nitrogen and oxygen atoms in total. The van der Waals surface area contributed by atoms with Crippen molar-refractivity contribution in [3.8, 4) is 0 Å². The molecule has 1 atom stereocenters. The first kappa shape index (κ1) is 20.6. The van der Waals surface area contributed by atoms with Crippen LogP contribution in [-0.2, 0) is 16.1 Å². The van der Waals surface area contributed by atoms with Crippen molar-refractivity contribution >= 4 is 52.5 Å². The van der Waals surface area contributed by atoms with Crippen molar-refractivity contribution in [2.45, 2.75) is 11.4 Å². The van der Waals surface area contributed by atoms with Crippen LogP contribution >= 0.6 is 35.0 Å². The second-order valence-electron chi connectivity index (χ2n) is 5.86. The molecule has 0 heterocycles. The lowest BCUT2D eigenvalue weighted by atomic mass is 10.2. The maximum Gasteiger partial charge on any atom is 0.279 e. The van der Waals surface area contributed by atoms with Gasteiger partial charge in [-0.1, -0.05) is 41.4 Å². The van der Waals surface area contributed by atoms with E-state index in [1.807, 2.05) is 31.3 Å². The molecule has 4 N–H and O–H groups in total. The lowest BCUT2D eigenvalue weighted by Gasteiger charge is -2.15. The molecule has 0 saturated heterocycles. The van der Waals surface area contributed by atoms with Crippen LogP contribution in [0, 0.1) is 0 Å².